The topological polar surface area (TPSA) is 108 Å². The van der Waals surface area contributed by atoms with Crippen LogP contribution in [0.3, 0.4) is 0 Å². The average molecular weight is 688 g/mol. The van der Waals surface area contributed by atoms with Gasteiger partial charge in [0.05, 0.1) is 23.7 Å². The van der Waals surface area contributed by atoms with E-state index in [0.717, 1.165) is 26.1 Å². The van der Waals surface area contributed by atoms with E-state index in [4.69, 9.17) is 4.74 Å². The summed E-state index contributed by atoms with van der Waals surface area (Å²) in [7, 11) is 1.45. The molecule has 0 saturated carbocycles. The Hall–Kier alpha value is -5.45. The number of nitrogens with zero attached hydrogens (tertiary/aromatic N) is 1. The summed E-state index contributed by atoms with van der Waals surface area (Å²) in [6.07, 6.45) is 2.08. The fourth-order valence-corrected chi connectivity index (χ4v) is 7.43. The summed E-state index contributed by atoms with van der Waals surface area (Å²) in [5.41, 5.74) is 3.03. The average Bonchev–Trinajstić information content (AvgIpc) is 3.13. The van der Waals surface area contributed by atoms with Crippen LogP contribution >= 0.6 is 23.5 Å². The zero-order chi connectivity index (χ0) is 34.3. The number of amides is 3. The second-order valence-electron chi connectivity index (χ2n) is 11.0. The van der Waals surface area contributed by atoms with Crippen LogP contribution in [0.5, 0.6) is 11.5 Å². The third kappa shape index (κ3) is 7.66. The van der Waals surface area contributed by atoms with E-state index in [1.807, 2.05) is 78.6 Å². The molecule has 0 aliphatic carbocycles. The summed E-state index contributed by atoms with van der Waals surface area (Å²) in [4.78, 5) is 45.7. The summed E-state index contributed by atoms with van der Waals surface area (Å²) < 4.78 is 5.40. The highest BCUT2D eigenvalue weighted by Crippen LogP contribution is 2.49. The number of carbonyl (C=O) groups is 3. The van der Waals surface area contributed by atoms with Gasteiger partial charge in [-0.1, -0.05) is 67.2 Å². The molecule has 1 atom stereocenters. The van der Waals surface area contributed by atoms with E-state index in [0.29, 0.717) is 29.0 Å². The minimum absolute atomic E-state index is 0.000837. The van der Waals surface area contributed by atoms with E-state index in [2.05, 4.69) is 10.6 Å². The lowest BCUT2D eigenvalue weighted by molar-refractivity contribution is -0.117. The SMILES string of the molecule is CCC(Sc1cccc(NC(=O)/C(=C/c2ccc(O)cc2OC)NC(=O)c2ccccc2)c1)C(=O)N1c2ccccc2Sc2ccccc21. The number of para-hydroxylation sites is 2. The number of benzene rings is 5. The lowest BCUT2D eigenvalue weighted by Gasteiger charge is -2.33. The second kappa shape index (κ2) is 15.2. The van der Waals surface area contributed by atoms with Crippen molar-refractivity contribution in [3.63, 3.8) is 0 Å². The first-order valence-corrected chi connectivity index (χ1v) is 17.3. The van der Waals surface area contributed by atoms with Crippen LogP contribution in [0.25, 0.3) is 6.08 Å². The van der Waals surface area contributed by atoms with E-state index >= 15 is 0 Å². The Morgan fingerprint density at radius 3 is 2.20 bits per heavy atom. The molecule has 10 heteroatoms. The van der Waals surface area contributed by atoms with Gasteiger partial charge in [0.1, 0.15) is 17.2 Å². The molecule has 0 aromatic heterocycles. The lowest BCUT2D eigenvalue weighted by Crippen LogP contribution is -2.35. The third-order valence-electron chi connectivity index (χ3n) is 7.71. The molecule has 0 bridgehead atoms. The predicted molar refractivity (Wildman–Crippen MR) is 196 cm³/mol. The number of aromatic hydroxyl groups is 1. The van der Waals surface area contributed by atoms with Crippen LogP contribution in [0, 0.1) is 0 Å². The Labute approximate surface area is 293 Å². The number of anilines is 3. The molecule has 1 aliphatic heterocycles. The standard InChI is InChI=1S/C39H33N3O5S2/c1-3-34(39(46)42-31-16-7-9-18-35(31)49-36-19-10-8-17-32(36)42)48-29-15-11-14-27(23-29)40-38(45)30(41-37(44)25-12-5-4-6-13-25)22-26-20-21-28(43)24-33(26)47-2/h4-24,34,43H,3H2,1-2H3,(H,40,45)(H,41,44)/b30-22-. The predicted octanol–water partition coefficient (Wildman–Crippen LogP) is 8.51. The van der Waals surface area contributed by atoms with Crippen LogP contribution in [0.4, 0.5) is 17.1 Å². The molecule has 0 radical (unpaired) electrons. The zero-order valence-electron chi connectivity index (χ0n) is 26.8. The Balaban J connectivity index is 1.24. The molecule has 0 saturated heterocycles. The maximum absolute atomic E-state index is 14.2. The number of phenols is 1. The van der Waals surface area contributed by atoms with Gasteiger partial charge in [-0.2, -0.15) is 0 Å². The molecule has 3 amide bonds. The van der Waals surface area contributed by atoms with Gasteiger partial charge in [-0.05, 0) is 79.2 Å². The van der Waals surface area contributed by atoms with Crippen molar-refractivity contribution < 1.29 is 24.2 Å². The molecule has 3 N–H and O–H groups in total. The fraction of sp³-hybridized carbons (Fsp3) is 0.103. The van der Waals surface area contributed by atoms with Crippen LogP contribution in [0.15, 0.2) is 142 Å². The molecule has 1 unspecified atom stereocenters. The molecule has 246 valence electrons. The molecular weight excluding hydrogens is 655 g/mol. The van der Waals surface area contributed by atoms with Crippen molar-refractivity contribution in [2.75, 3.05) is 17.3 Å². The summed E-state index contributed by atoms with van der Waals surface area (Å²) in [5, 5.41) is 15.1. The highest BCUT2D eigenvalue weighted by molar-refractivity contribution is 8.00. The van der Waals surface area contributed by atoms with Gasteiger partial charge in [-0.15, -0.1) is 11.8 Å². The molecule has 6 rings (SSSR count). The number of thioether (sulfide) groups is 1. The van der Waals surface area contributed by atoms with E-state index in [1.54, 1.807) is 54.2 Å². The number of rotatable bonds is 10. The Morgan fingerprint density at radius 2 is 1.53 bits per heavy atom. The van der Waals surface area contributed by atoms with E-state index < -0.39 is 17.1 Å². The van der Waals surface area contributed by atoms with E-state index in [9.17, 15) is 19.5 Å². The number of methoxy groups -OCH3 is 1. The minimum atomic E-state index is -0.566. The quantitative estimate of drug-likeness (QED) is 0.0998. The van der Waals surface area contributed by atoms with Gasteiger partial charge in [0.15, 0.2) is 0 Å². The van der Waals surface area contributed by atoms with Gasteiger partial charge >= 0.3 is 0 Å². The van der Waals surface area contributed by atoms with Gasteiger partial charge in [-0.25, -0.2) is 0 Å². The molecule has 5 aromatic rings. The van der Waals surface area contributed by atoms with E-state index in [1.165, 1.54) is 37.1 Å². The molecule has 1 heterocycles. The Kier molecular flexibility index (Phi) is 10.4. The number of carbonyl (C=O) groups excluding carboxylic acids is 3. The first-order chi connectivity index (χ1) is 23.8. The van der Waals surface area contributed by atoms with Crippen molar-refractivity contribution in [2.24, 2.45) is 0 Å². The van der Waals surface area contributed by atoms with Crippen molar-refractivity contribution in [3.05, 3.63) is 138 Å². The third-order valence-corrected chi connectivity index (χ3v) is 10.2. The van der Waals surface area contributed by atoms with Crippen molar-refractivity contribution in [1.82, 2.24) is 5.32 Å². The Bertz CT molecular complexity index is 2000. The number of nitrogens with one attached hydrogen (secondary N) is 2. The van der Waals surface area contributed by atoms with Crippen LogP contribution in [-0.4, -0.2) is 35.2 Å². The van der Waals surface area contributed by atoms with Crippen LogP contribution in [0.2, 0.25) is 0 Å². The number of hydrogen-bond donors (Lipinski definition) is 3. The smallest absolute Gasteiger partial charge is 0.272 e. The monoisotopic (exact) mass is 687 g/mol. The minimum Gasteiger partial charge on any atom is -0.508 e. The zero-order valence-corrected chi connectivity index (χ0v) is 28.4. The molecular formula is C39H33N3O5S2. The normalized spacial score (nSPS) is 12.7. The molecule has 5 aromatic carbocycles. The molecule has 0 spiro atoms. The molecule has 0 fully saturated rings. The maximum atomic E-state index is 14.2. The summed E-state index contributed by atoms with van der Waals surface area (Å²) in [5.74, 6) is -0.736. The van der Waals surface area contributed by atoms with Gasteiger partial charge in [0, 0.05) is 37.6 Å². The summed E-state index contributed by atoms with van der Waals surface area (Å²) in [6.45, 7) is 1.99. The first-order valence-electron chi connectivity index (χ1n) is 15.6. The van der Waals surface area contributed by atoms with Crippen LogP contribution < -0.4 is 20.3 Å². The maximum Gasteiger partial charge on any atom is 0.272 e. The van der Waals surface area contributed by atoms with Gasteiger partial charge in [0.2, 0.25) is 5.91 Å². The summed E-state index contributed by atoms with van der Waals surface area (Å²) in [6, 6.07) is 36.2. The Morgan fingerprint density at radius 1 is 0.857 bits per heavy atom. The number of phenolic OH excluding ortho intramolecular Hbond substituents is 1. The van der Waals surface area contributed by atoms with Gasteiger partial charge in [-0.3, -0.25) is 19.3 Å². The number of ether oxygens (including phenoxy) is 1. The largest absolute Gasteiger partial charge is 0.508 e. The van der Waals surface area contributed by atoms with Gasteiger partial charge < -0.3 is 20.5 Å². The first kappa shape index (κ1) is 33.5. The van der Waals surface area contributed by atoms with Crippen molar-refractivity contribution in [2.45, 2.75) is 33.3 Å². The van der Waals surface area contributed by atoms with Crippen molar-refractivity contribution in [3.8, 4) is 11.5 Å². The second-order valence-corrected chi connectivity index (χ2v) is 13.4. The van der Waals surface area contributed by atoms with Crippen molar-refractivity contribution >= 4 is 64.4 Å². The fourth-order valence-electron chi connectivity index (χ4n) is 5.32. The molecule has 49 heavy (non-hydrogen) atoms. The molecule has 8 nitrogen and oxygen atoms in total. The highest BCUT2D eigenvalue weighted by atomic mass is 32.2. The highest BCUT2D eigenvalue weighted by Gasteiger charge is 2.32. The number of hydrogen-bond acceptors (Lipinski definition) is 7. The lowest BCUT2D eigenvalue weighted by atomic mass is 10.1. The van der Waals surface area contributed by atoms with Crippen LogP contribution in [0.1, 0.15) is 29.3 Å². The van der Waals surface area contributed by atoms with Gasteiger partial charge in [0.25, 0.3) is 11.8 Å². The number of fused-ring (bicyclic) bond motifs is 2. The molecule has 1 aliphatic rings. The van der Waals surface area contributed by atoms with Crippen LogP contribution in [-0.2, 0) is 9.59 Å². The van der Waals surface area contributed by atoms with E-state index in [-0.39, 0.29) is 17.4 Å². The van der Waals surface area contributed by atoms with Crippen molar-refractivity contribution in [1.29, 1.82) is 0 Å². The summed E-state index contributed by atoms with van der Waals surface area (Å²) >= 11 is 3.08.